The predicted octanol–water partition coefficient (Wildman–Crippen LogP) is 5.20. The molecule has 0 N–H and O–H groups in total. The zero-order chi connectivity index (χ0) is 18.4. The van der Waals surface area contributed by atoms with Crippen LogP contribution in [0.2, 0.25) is 0 Å². The molecule has 0 saturated heterocycles. The topological polar surface area (TPSA) is 26.3 Å². The molecule has 2 aromatic rings. The molecule has 2 heteroatoms. The van der Waals surface area contributed by atoms with Crippen LogP contribution in [0.15, 0.2) is 36.4 Å². The molecule has 1 unspecified atom stereocenters. The Morgan fingerprint density at radius 3 is 2.48 bits per heavy atom. The molecule has 0 saturated carbocycles. The standard InChI is InChI=1S/C23H26O2/c1-6-19-10-8-18(14-16(19)3)9-11-20(7-2)21-12-13-22(17(4)15-21)23(24)25-5/h1,8,10,12-15,20H,7,9,11H2,2-5H3. The molecule has 2 nitrogen and oxygen atoms in total. The van der Waals surface area contributed by atoms with Crippen molar-refractivity contribution in [2.45, 2.75) is 46.0 Å². The lowest BCUT2D eigenvalue weighted by Crippen LogP contribution is -2.06. The van der Waals surface area contributed by atoms with E-state index in [1.807, 2.05) is 19.1 Å². The molecule has 1 atom stereocenters. The number of ether oxygens (including phenoxy) is 1. The van der Waals surface area contributed by atoms with E-state index in [0.29, 0.717) is 11.5 Å². The van der Waals surface area contributed by atoms with Crippen LogP contribution in [0.1, 0.15) is 63.9 Å². The number of terminal acetylenes is 1. The number of carbonyl (C=O) groups is 1. The third-order valence-corrected chi connectivity index (χ3v) is 4.85. The SMILES string of the molecule is C#Cc1ccc(CCC(CC)c2ccc(C(=O)OC)c(C)c2)cc1C. The molecule has 2 rings (SSSR count). The molecule has 0 aromatic heterocycles. The summed E-state index contributed by atoms with van der Waals surface area (Å²) in [6.45, 7) is 6.23. The minimum absolute atomic E-state index is 0.277. The van der Waals surface area contributed by atoms with Crippen molar-refractivity contribution >= 4 is 5.97 Å². The maximum Gasteiger partial charge on any atom is 0.338 e. The van der Waals surface area contributed by atoms with E-state index in [9.17, 15) is 4.79 Å². The molecule has 0 aliphatic rings. The third kappa shape index (κ3) is 4.51. The van der Waals surface area contributed by atoms with Crippen molar-refractivity contribution in [2.75, 3.05) is 7.11 Å². The smallest absolute Gasteiger partial charge is 0.338 e. The number of benzene rings is 2. The highest BCUT2D eigenvalue weighted by Crippen LogP contribution is 2.27. The molecule has 0 aliphatic heterocycles. The highest BCUT2D eigenvalue weighted by molar-refractivity contribution is 5.91. The Bertz CT molecular complexity index is 796. The monoisotopic (exact) mass is 334 g/mol. The molecule has 0 bridgehead atoms. The van der Waals surface area contributed by atoms with Gasteiger partial charge in [-0.15, -0.1) is 6.42 Å². The lowest BCUT2D eigenvalue weighted by atomic mass is 9.88. The molecular weight excluding hydrogens is 308 g/mol. The quantitative estimate of drug-likeness (QED) is 0.536. The highest BCUT2D eigenvalue weighted by Gasteiger charge is 2.14. The number of aryl methyl sites for hydroxylation is 3. The molecule has 0 radical (unpaired) electrons. The lowest BCUT2D eigenvalue weighted by molar-refractivity contribution is 0.0600. The maximum absolute atomic E-state index is 11.7. The average molecular weight is 334 g/mol. The largest absolute Gasteiger partial charge is 0.465 e. The summed E-state index contributed by atoms with van der Waals surface area (Å²) in [5.74, 6) is 2.91. The van der Waals surface area contributed by atoms with E-state index in [2.05, 4.69) is 44.0 Å². The lowest BCUT2D eigenvalue weighted by Gasteiger charge is -2.17. The summed E-state index contributed by atoms with van der Waals surface area (Å²) >= 11 is 0. The van der Waals surface area contributed by atoms with E-state index in [1.165, 1.54) is 18.2 Å². The summed E-state index contributed by atoms with van der Waals surface area (Å²) in [5.41, 5.74) is 6.33. The van der Waals surface area contributed by atoms with Crippen LogP contribution in [0, 0.1) is 26.2 Å². The van der Waals surface area contributed by atoms with Crippen LogP contribution in [0.25, 0.3) is 0 Å². The Morgan fingerprint density at radius 1 is 1.16 bits per heavy atom. The molecule has 0 amide bonds. The van der Waals surface area contributed by atoms with Gasteiger partial charge in [-0.2, -0.15) is 0 Å². The fourth-order valence-electron chi connectivity index (χ4n) is 3.27. The number of hydrogen-bond donors (Lipinski definition) is 0. The number of rotatable bonds is 6. The van der Waals surface area contributed by atoms with Gasteiger partial charge in [0.1, 0.15) is 0 Å². The zero-order valence-electron chi connectivity index (χ0n) is 15.6. The van der Waals surface area contributed by atoms with Crippen LogP contribution in [0.4, 0.5) is 0 Å². The normalized spacial score (nSPS) is 11.6. The second kappa shape index (κ2) is 8.53. The summed E-state index contributed by atoms with van der Waals surface area (Å²) in [6, 6.07) is 12.4. The molecular formula is C23H26O2. The molecule has 0 spiro atoms. The van der Waals surface area contributed by atoms with E-state index in [4.69, 9.17) is 11.2 Å². The van der Waals surface area contributed by atoms with Gasteiger partial charge in [-0.3, -0.25) is 0 Å². The van der Waals surface area contributed by atoms with E-state index in [-0.39, 0.29) is 5.97 Å². The van der Waals surface area contributed by atoms with Crippen LogP contribution in [-0.2, 0) is 11.2 Å². The average Bonchev–Trinajstić information content (AvgIpc) is 2.62. The number of carbonyl (C=O) groups excluding carboxylic acids is 1. The number of methoxy groups -OCH3 is 1. The fourth-order valence-corrected chi connectivity index (χ4v) is 3.27. The molecule has 0 heterocycles. The first kappa shape index (κ1) is 18.8. The minimum atomic E-state index is -0.277. The van der Waals surface area contributed by atoms with Crippen LogP contribution in [0.5, 0.6) is 0 Å². The summed E-state index contributed by atoms with van der Waals surface area (Å²) in [7, 11) is 1.41. The summed E-state index contributed by atoms with van der Waals surface area (Å²) in [5, 5.41) is 0. The van der Waals surface area contributed by atoms with Gasteiger partial charge in [0, 0.05) is 5.56 Å². The van der Waals surface area contributed by atoms with Crippen molar-refractivity contribution in [1.82, 2.24) is 0 Å². The summed E-state index contributed by atoms with van der Waals surface area (Å²) in [6.07, 6.45) is 8.65. The first-order valence-corrected chi connectivity index (χ1v) is 8.75. The molecule has 0 fully saturated rings. The summed E-state index contributed by atoms with van der Waals surface area (Å²) < 4.78 is 4.83. The van der Waals surface area contributed by atoms with E-state index in [1.54, 1.807) is 0 Å². The van der Waals surface area contributed by atoms with Gasteiger partial charge in [-0.1, -0.05) is 37.1 Å². The van der Waals surface area contributed by atoms with Gasteiger partial charge in [-0.05, 0) is 73.4 Å². The minimum Gasteiger partial charge on any atom is -0.465 e. The third-order valence-electron chi connectivity index (χ3n) is 4.85. The van der Waals surface area contributed by atoms with Gasteiger partial charge in [0.15, 0.2) is 0 Å². The van der Waals surface area contributed by atoms with Gasteiger partial charge < -0.3 is 4.74 Å². The van der Waals surface area contributed by atoms with Gasteiger partial charge in [-0.25, -0.2) is 4.79 Å². The first-order chi connectivity index (χ1) is 12.0. The second-order valence-electron chi connectivity index (χ2n) is 6.50. The second-order valence-corrected chi connectivity index (χ2v) is 6.50. The predicted molar refractivity (Wildman–Crippen MR) is 103 cm³/mol. The van der Waals surface area contributed by atoms with Crippen molar-refractivity contribution < 1.29 is 9.53 Å². The zero-order valence-corrected chi connectivity index (χ0v) is 15.6. The van der Waals surface area contributed by atoms with Crippen LogP contribution < -0.4 is 0 Å². The van der Waals surface area contributed by atoms with E-state index >= 15 is 0 Å². The van der Waals surface area contributed by atoms with Crippen molar-refractivity contribution in [1.29, 1.82) is 0 Å². The van der Waals surface area contributed by atoms with E-state index in [0.717, 1.165) is 36.0 Å². The van der Waals surface area contributed by atoms with E-state index < -0.39 is 0 Å². The molecule has 2 aromatic carbocycles. The van der Waals surface area contributed by atoms with Crippen LogP contribution in [0.3, 0.4) is 0 Å². The van der Waals surface area contributed by atoms with Crippen molar-refractivity contribution in [3.63, 3.8) is 0 Å². The Labute approximate surface area is 151 Å². The molecule has 0 aliphatic carbocycles. The fraction of sp³-hybridized carbons (Fsp3) is 0.348. The van der Waals surface area contributed by atoms with Gasteiger partial charge in [0.25, 0.3) is 0 Å². The van der Waals surface area contributed by atoms with Crippen LogP contribution in [-0.4, -0.2) is 13.1 Å². The van der Waals surface area contributed by atoms with Gasteiger partial charge in [0.05, 0.1) is 12.7 Å². The summed E-state index contributed by atoms with van der Waals surface area (Å²) in [4.78, 5) is 11.7. The molecule has 25 heavy (non-hydrogen) atoms. The Balaban J connectivity index is 2.12. The molecule has 130 valence electrons. The maximum atomic E-state index is 11.7. The van der Waals surface area contributed by atoms with Gasteiger partial charge >= 0.3 is 5.97 Å². The van der Waals surface area contributed by atoms with Crippen molar-refractivity contribution in [2.24, 2.45) is 0 Å². The highest BCUT2D eigenvalue weighted by atomic mass is 16.5. The Hall–Kier alpha value is -2.53. The Morgan fingerprint density at radius 2 is 1.92 bits per heavy atom. The van der Waals surface area contributed by atoms with Gasteiger partial charge in [0.2, 0.25) is 0 Å². The number of hydrogen-bond acceptors (Lipinski definition) is 2. The van der Waals surface area contributed by atoms with Crippen LogP contribution >= 0.6 is 0 Å². The Kier molecular flexibility index (Phi) is 6.42. The van der Waals surface area contributed by atoms with Crippen molar-refractivity contribution in [3.8, 4) is 12.3 Å². The first-order valence-electron chi connectivity index (χ1n) is 8.75. The van der Waals surface area contributed by atoms with Crippen molar-refractivity contribution in [3.05, 3.63) is 69.8 Å². The number of esters is 1.